The Balaban J connectivity index is 1.83. The first kappa shape index (κ1) is 22.0. The molecule has 0 atom stereocenters. The number of amides is 1. The molecule has 0 saturated carbocycles. The molecule has 0 aliphatic rings. The SMILES string of the molecule is CCCCOC(=O)c1ccc(NC(=O)COc2ccc(CCC)cc2Br)cc1. The highest BCUT2D eigenvalue weighted by atomic mass is 79.9. The molecule has 0 saturated heterocycles. The molecule has 28 heavy (non-hydrogen) atoms. The molecule has 1 N–H and O–H groups in total. The third kappa shape index (κ3) is 7.00. The second-order valence-corrected chi connectivity index (χ2v) is 7.27. The van der Waals surface area contributed by atoms with Gasteiger partial charge in [-0.3, -0.25) is 4.79 Å². The highest BCUT2D eigenvalue weighted by molar-refractivity contribution is 9.10. The van der Waals surface area contributed by atoms with E-state index in [0.29, 0.717) is 23.6 Å². The smallest absolute Gasteiger partial charge is 0.338 e. The monoisotopic (exact) mass is 447 g/mol. The maximum Gasteiger partial charge on any atom is 0.338 e. The zero-order chi connectivity index (χ0) is 20.4. The third-order valence-electron chi connectivity index (χ3n) is 4.03. The Bertz CT molecular complexity index is 790. The van der Waals surface area contributed by atoms with Crippen molar-refractivity contribution in [2.45, 2.75) is 39.5 Å². The second kappa shape index (κ2) is 11.5. The fourth-order valence-electron chi connectivity index (χ4n) is 2.53. The van der Waals surface area contributed by atoms with Gasteiger partial charge in [-0.1, -0.05) is 32.8 Å². The summed E-state index contributed by atoms with van der Waals surface area (Å²) in [6, 6.07) is 12.5. The van der Waals surface area contributed by atoms with Crippen molar-refractivity contribution in [3.8, 4) is 5.75 Å². The summed E-state index contributed by atoms with van der Waals surface area (Å²) < 4.78 is 11.6. The molecule has 0 fully saturated rings. The lowest BCUT2D eigenvalue weighted by Crippen LogP contribution is -2.20. The zero-order valence-corrected chi connectivity index (χ0v) is 17.9. The number of unbranched alkanes of at least 4 members (excludes halogenated alkanes) is 1. The fraction of sp³-hybridized carbons (Fsp3) is 0.364. The minimum atomic E-state index is -0.356. The summed E-state index contributed by atoms with van der Waals surface area (Å²) in [5.41, 5.74) is 2.28. The van der Waals surface area contributed by atoms with E-state index in [1.165, 1.54) is 5.56 Å². The van der Waals surface area contributed by atoms with Crippen molar-refractivity contribution in [1.82, 2.24) is 0 Å². The molecular weight excluding hydrogens is 422 g/mol. The van der Waals surface area contributed by atoms with Crippen LogP contribution in [0.2, 0.25) is 0 Å². The lowest BCUT2D eigenvalue weighted by molar-refractivity contribution is -0.118. The first-order valence-electron chi connectivity index (χ1n) is 9.51. The van der Waals surface area contributed by atoms with Gasteiger partial charge in [-0.2, -0.15) is 0 Å². The Morgan fingerprint density at radius 1 is 1.04 bits per heavy atom. The van der Waals surface area contributed by atoms with Crippen LogP contribution in [0, 0.1) is 0 Å². The van der Waals surface area contributed by atoms with Crippen molar-refractivity contribution < 1.29 is 19.1 Å². The molecule has 2 aromatic rings. The lowest BCUT2D eigenvalue weighted by Gasteiger charge is -2.10. The van der Waals surface area contributed by atoms with Gasteiger partial charge in [0.25, 0.3) is 5.91 Å². The Morgan fingerprint density at radius 3 is 2.43 bits per heavy atom. The molecule has 0 spiro atoms. The predicted octanol–water partition coefficient (Wildman–Crippen LogP) is 5.38. The van der Waals surface area contributed by atoms with E-state index < -0.39 is 0 Å². The number of anilines is 1. The first-order valence-corrected chi connectivity index (χ1v) is 10.3. The Hall–Kier alpha value is -2.34. The van der Waals surface area contributed by atoms with Crippen LogP contribution in [0.1, 0.15) is 49.0 Å². The van der Waals surface area contributed by atoms with Crippen LogP contribution >= 0.6 is 15.9 Å². The van der Waals surface area contributed by atoms with Crippen LogP contribution in [0.15, 0.2) is 46.9 Å². The Kier molecular flexibility index (Phi) is 9.01. The molecule has 0 bridgehead atoms. The molecule has 150 valence electrons. The number of esters is 1. The van der Waals surface area contributed by atoms with Crippen LogP contribution in [0.25, 0.3) is 0 Å². The van der Waals surface area contributed by atoms with Crippen LogP contribution < -0.4 is 10.1 Å². The van der Waals surface area contributed by atoms with Crippen LogP contribution in [-0.2, 0) is 16.0 Å². The summed E-state index contributed by atoms with van der Waals surface area (Å²) >= 11 is 3.48. The van der Waals surface area contributed by atoms with Gasteiger partial charge >= 0.3 is 5.97 Å². The van der Waals surface area contributed by atoms with E-state index in [-0.39, 0.29) is 18.5 Å². The fourth-order valence-corrected chi connectivity index (χ4v) is 3.07. The van der Waals surface area contributed by atoms with Gasteiger partial charge in [-0.05, 0) is 70.7 Å². The van der Waals surface area contributed by atoms with Crippen LogP contribution in [0.5, 0.6) is 5.75 Å². The molecule has 6 heteroatoms. The van der Waals surface area contributed by atoms with E-state index >= 15 is 0 Å². The number of benzene rings is 2. The molecule has 0 unspecified atom stereocenters. The number of hydrogen-bond acceptors (Lipinski definition) is 4. The summed E-state index contributed by atoms with van der Waals surface area (Å²) in [6.45, 7) is 4.48. The molecule has 0 radical (unpaired) electrons. The first-order chi connectivity index (χ1) is 13.5. The van der Waals surface area contributed by atoms with Gasteiger partial charge in [0.05, 0.1) is 16.6 Å². The Morgan fingerprint density at radius 2 is 1.79 bits per heavy atom. The van der Waals surface area contributed by atoms with E-state index in [0.717, 1.165) is 30.2 Å². The highest BCUT2D eigenvalue weighted by Crippen LogP contribution is 2.26. The van der Waals surface area contributed by atoms with E-state index in [4.69, 9.17) is 9.47 Å². The van der Waals surface area contributed by atoms with Gasteiger partial charge in [0, 0.05) is 5.69 Å². The predicted molar refractivity (Wildman–Crippen MR) is 114 cm³/mol. The average molecular weight is 448 g/mol. The molecule has 0 aliphatic carbocycles. The van der Waals surface area contributed by atoms with Crippen LogP contribution in [-0.4, -0.2) is 25.1 Å². The second-order valence-electron chi connectivity index (χ2n) is 6.42. The summed E-state index contributed by atoms with van der Waals surface area (Å²) in [6.07, 6.45) is 3.89. The van der Waals surface area contributed by atoms with Gasteiger partial charge in [0.1, 0.15) is 5.75 Å². The average Bonchev–Trinajstić information content (AvgIpc) is 2.68. The maximum atomic E-state index is 12.1. The number of carbonyl (C=O) groups excluding carboxylic acids is 2. The molecule has 0 heterocycles. The topological polar surface area (TPSA) is 64.6 Å². The van der Waals surface area contributed by atoms with Gasteiger partial charge in [-0.15, -0.1) is 0 Å². The zero-order valence-electron chi connectivity index (χ0n) is 16.3. The number of rotatable bonds is 10. The van der Waals surface area contributed by atoms with Gasteiger partial charge in [0.15, 0.2) is 6.61 Å². The van der Waals surface area contributed by atoms with Gasteiger partial charge in [0.2, 0.25) is 0 Å². The normalized spacial score (nSPS) is 10.4. The number of carbonyl (C=O) groups is 2. The number of nitrogens with one attached hydrogen (secondary N) is 1. The van der Waals surface area contributed by atoms with Crippen molar-refractivity contribution in [3.63, 3.8) is 0 Å². The maximum absolute atomic E-state index is 12.1. The molecule has 0 aliphatic heterocycles. The van der Waals surface area contributed by atoms with Crippen molar-refractivity contribution in [2.24, 2.45) is 0 Å². The molecule has 0 aromatic heterocycles. The standard InChI is InChI=1S/C22H26BrNO4/c1-3-5-13-27-22(26)17-8-10-18(11-9-17)24-21(25)15-28-20-12-7-16(6-4-2)14-19(20)23/h7-12,14H,3-6,13,15H2,1-2H3,(H,24,25). The number of aryl methyl sites for hydroxylation is 1. The molecule has 2 rings (SSSR count). The minimum absolute atomic E-state index is 0.105. The number of halogens is 1. The number of ether oxygens (including phenoxy) is 2. The van der Waals surface area contributed by atoms with E-state index in [1.807, 2.05) is 25.1 Å². The van der Waals surface area contributed by atoms with Gasteiger partial charge < -0.3 is 14.8 Å². The third-order valence-corrected chi connectivity index (χ3v) is 4.65. The molecular formula is C22H26BrNO4. The summed E-state index contributed by atoms with van der Waals surface area (Å²) in [5.74, 6) is -0.00554. The molecule has 2 aromatic carbocycles. The largest absolute Gasteiger partial charge is 0.483 e. The van der Waals surface area contributed by atoms with Crippen molar-refractivity contribution >= 4 is 33.5 Å². The highest BCUT2D eigenvalue weighted by Gasteiger charge is 2.09. The van der Waals surface area contributed by atoms with Crippen LogP contribution in [0.3, 0.4) is 0 Å². The summed E-state index contributed by atoms with van der Waals surface area (Å²) in [4.78, 5) is 24.0. The minimum Gasteiger partial charge on any atom is -0.483 e. The number of hydrogen-bond donors (Lipinski definition) is 1. The summed E-state index contributed by atoms with van der Waals surface area (Å²) in [7, 11) is 0. The van der Waals surface area contributed by atoms with E-state index in [9.17, 15) is 9.59 Å². The van der Waals surface area contributed by atoms with Crippen molar-refractivity contribution in [2.75, 3.05) is 18.5 Å². The van der Waals surface area contributed by atoms with Crippen molar-refractivity contribution in [3.05, 3.63) is 58.1 Å². The van der Waals surface area contributed by atoms with E-state index in [1.54, 1.807) is 24.3 Å². The molecule has 5 nitrogen and oxygen atoms in total. The summed E-state index contributed by atoms with van der Waals surface area (Å²) in [5, 5.41) is 2.75. The van der Waals surface area contributed by atoms with E-state index in [2.05, 4.69) is 28.2 Å². The quantitative estimate of drug-likeness (QED) is 0.392. The molecule has 1 amide bonds. The Labute approximate surface area is 174 Å². The lowest BCUT2D eigenvalue weighted by atomic mass is 10.1. The van der Waals surface area contributed by atoms with Crippen LogP contribution in [0.4, 0.5) is 5.69 Å². The van der Waals surface area contributed by atoms with Gasteiger partial charge in [-0.25, -0.2) is 4.79 Å². The van der Waals surface area contributed by atoms with Crippen molar-refractivity contribution in [1.29, 1.82) is 0 Å².